The minimum atomic E-state index is -0.559. The molecule has 0 atom stereocenters. The van der Waals surface area contributed by atoms with Gasteiger partial charge in [0.25, 0.3) is 0 Å². The lowest BCUT2D eigenvalue weighted by Gasteiger charge is -2.35. The summed E-state index contributed by atoms with van der Waals surface area (Å²) in [6.07, 6.45) is 9.02. The molecule has 0 bridgehead atoms. The largest absolute Gasteiger partial charge is 0.388 e. The fourth-order valence-electron chi connectivity index (χ4n) is 3.47. The number of hydrogen-bond donors (Lipinski definition) is 3. The highest BCUT2D eigenvalue weighted by Gasteiger charge is 2.31. The average molecular weight is 423 g/mol. The monoisotopic (exact) mass is 423 g/mol. The van der Waals surface area contributed by atoms with Crippen LogP contribution in [0.1, 0.15) is 72.1 Å². The third-order valence-corrected chi connectivity index (χ3v) is 5.09. The van der Waals surface area contributed by atoms with Crippen LogP contribution in [0.4, 0.5) is 0 Å². The van der Waals surface area contributed by atoms with Crippen LogP contribution in [-0.4, -0.2) is 35.8 Å². The first-order valence-corrected chi connectivity index (χ1v) is 8.70. The van der Waals surface area contributed by atoms with Gasteiger partial charge in [0.05, 0.1) is 12.1 Å². The average Bonchev–Trinajstić information content (AvgIpc) is 2.86. The van der Waals surface area contributed by atoms with E-state index in [1.165, 1.54) is 25.7 Å². The molecule has 2 saturated carbocycles. The summed E-state index contributed by atoms with van der Waals surface area (Å²) in [7, 11) is 0. The van der Waals surface area contributed by atoms with Gasteiger partial charge < -0.3 is 15.7 Å². The van der Waals surface area contributed by atoms with Crippen LogP contribution in [0.5, 0.6) is 0 Å². The summed E-state index contributed by atoms with van der Waals surface area (Å²) in [4.78, 5) is 4.64. The van der Waals surface area contributed by atoms with E-state index in [2.05, 4.69) is 36.4 Å². The topological polar surface area (TPSA) is 56.7 Å². The van der Waals surface area contributed by atoms with Crippen molar-refractivity contribution < 1.29 is 5.11 Å². The van der Waals surface area contributed by atoms with Crippen LogP contribution in [0.25, 0.3) is 0 Å². The predicted octanol–water partition coefficient (Wildman–Crippen LogP) is 3.43. The number of rotatable bonds is 4. The standard InChI is InChI=1S/C17H33N3O.HI/c1-4-18-15(19-13-17(21)9-5-6-10-17)20-14-7-11-16(2,3)12-8-14;/h14,21H,4-13H2,1-3H3,(H2,18,19,20);1H. The van der Waals surface area contributed by atoms with Crippen LogP contribution >= 0.6 is 24.0 Å². The molecule has 3 N–H and O–H groups in total. The quantitative estimate of drug-likeness (QED) is 0.369. The minimum absolute atomic E-state index is 0. The number of hydrogen-bond acceptors (Lipinski definition) is 2. The van der Waals surface area contributed by atoms with Crippen LogP contribution in [0.2, 0.25) is 0 Å². The molecular weight excluding hydrogens is 389 g/mol. The zero-order chi connectivity index (χ0) is 15.3. The summed E-state index contributed by atoms with van der Waals surface area (Å²) in [6.45, 7) is 8.20. The van der Waals surface area contributed by atoms with Crippen molar-refractivity contribution in [3.05, 3.63) is 0 Å². The zero-order valence-corrected chi connectivity index (χ0v) is 16.8. The van der Waals surface area contributed by atoms with Crippen molar-refractivity contribution in [2.75, 3.05) is 13.1 Å². The second-order valence-corrected chi connectivity index (χ2v) is 7.71. The van der Waals surface area contributed by atoms with Crippen molar-refractivity contribution in [2.45, 2.75) is 83.8 Å². The molecule has 0 aromatic heterocycles. The Balaban J connectivity index is 0.00000242. The number of halogens is 1. The summed E-state index contributed by atoms with van der Waals surface area (Å²) in [5.41, 5.74) is -0.0659. The van der Waals surface area contributed by atoms with Gasteiger partial charge in [-0.2, -0.15) is 0 Å². The second kappa shape index (κ2) is 8.71. The highest BCUT2D eigenvalue weighted by Crippen LogP contribution is 2.35. The molecule has 2 rings (SSSR count). The summed E-state index contributed by atoms with van der Waals surface area (Å²) in [5, 5.41) is 17.3. The Morgan fingerprint density at radius 2 is 1.73 bits per heavy atom. The minimum Gasteiger partial charge on any atom is -0.388 e. The van der Waals surface area contributed by atoms with Crippen LogP contribution < -0.4 is 10.6 Å². The molecule has 2 aliphatic carbocycles. The Hall–Kier alpha value is -0.0400. The smallest absolute Gasteiger partial charge is 0.191 e. The van der Waals surface area contributed by atoms with Crippen LogP contribution in [0, 0.1) is 5.41 Å². The van der Waals surface area contributed by atoms with E-state index in [9.17, 15) is 5.11 Å². The molecule has 0 saturated heterocycles. The molecule has 22 heavy (non-hydrogen) atoms. The first-order chi connectivity index (χ1) is 9.92. The molecule has 5 heteroatoms. The zero-order valence-electron chi connectivity index (χ0n) is 14.5. The van der Waals surface area contributed by atoms with E-state index in [-0.39, 0.29) is 24.0 Å². The Labute approximate surface area is 152 Å². The molecule has 0 unspecified atom stereocenters. The Kier molecular flexibility index (Phi) is 7.92. The van der Waals surface area contributed by atoms with Crippen molar-refractivity contribution in [2.24, 2.45) is 10.4 Å². The maximum absolute atomic E-state index is 10.4. The second-order valence-electron chi connectivity index (χ2n) is 7.71. The highest BCUT2D eigenvalue weighted by molar-refractivity contribution is 14.0. The highest BCUT2D eigenvalue weighted by atomic mass is 127. The fourth-order valence-corrected chi connectivity index (χ4v) is 3.47. The summed E-state index contributed by atoms with van der Waals surface area (Å²) >= 11 is 0. The van der Waals surface area contributed by atoms with Gasteiger partial charge in [-0.3, -0.25) is 4.99 Å². The molecule has 0 amide bonds. The van der Waals surface area contributed by atoms with E-state index in [0.717, 1.165) is 38.2 Å². The van der Waals surface area contributed by atoms with Crippen molar-refractivity contribution in [1.82, 2.24) is 10.6 Å². The molecule has 0 aliphatic heterocycles. The lowest BCUT2D eigenvalue weighted by atomic mass is 9.75. The lowest BCUT2D eigenvalue weighted by molar-refractivity contribution is 0.0574. The van der Waals surface area contributed by atoms with Gasteiger partial charge in [0, 0.05) is 12.6 Å². The molecule has 4 nitrogen and oxygen atoms in total. The molecule has 0 spiro atoms. The van der Waals surface area contributed by atoms with Crippen LogP contribution in [0.15, 0.2) is 4.99 Å². The van der Waals surface area contributed by atoms with Crippen molar-refractivity contribution in [1.29, 1.82) is 0 Å². The first-order valence-electron chi connectivity index (χ1n) is 8.70. The van der Waals surface area contributed by atoms with Gasteiger partial charge >= 0.3 is 0 Å². The Bertz CT molecular complexity index is 355. The van der Waals surface area contributed by atoms with Gasteiger partial charge in [-0.05, 0) is 50.9 Å². The SMILES string of the molecule is CCNC(=NCC1(O)CCCC1)NC1CCC(C)(C)CC1.I. The predicted molar refractivity (Wildman–Crippen MR) is 104 cm³/mol. The van der Waals surface area contributed by atoms with Crippen LogP contribution in [0.3, 0.4) is 0 Å². The molecule has 2 aliphatic rings. The van der Waals surface area contributed by atoms with Crippen molar-refractivity contribution in [3.8, 4) is 0 Å². The number of aliphatic hydroxyl groups is 1. The van der Waals surface area contributed by atoms with E-state index in [0.29, 0.717) is 18.0 Å². The molecule has 0 aromatic carbocycles. The Morgan fingerprint density at radius 3 is 2.27 bits per heavy atom. The van der Waals surface area contributed by atoms with E-state index < -0.39 is 5.60 Å². The van der Waals surface area contributed by atoms with Gasteiger partial charge in [-0.1, -0.05) is 26.7 Å². The van der Waals surface area contributed by atoms with Gasteiger partial charge in [-0.25, -0.2) is 0 Å². The number of nitrogens with one attached hydrogen (secondary N) is 2. The van der Waals surface area contributed by atoms with E-state index in [1.807, 2.05) is 0 Å². The molecular formula is C17H34IN3O. The van der Waals surface area contributed by atoms with Crippen LogP contribution in [-0.2, 0) is 0 Å². The number of guanidine groups is 1. The third kappa shape index (κ3) is 6.22. The first kappa shape index (κ1) is 20.0. The molecule has 0 heterocycles. The van der Waals surface area contributed by atoms with Gasteiger partial charge in [-0.15, -0.1) is 24.0 Å². The maximum Gasteiger partial charge on any atom is 0.191 e. The van der Waals surface area contributed by atoms with Gasteiger partial charge in [0.2, 0.25) is 0 Å². The molecule has 0 radical (unpaired) electrons. The lowest BCUT2D eigenvalue weighted by Crippen LogP contribution is -2.46. The van der Waals surface area contributed by atoms with Crippen molar-refractivity contribution in [3.63, 3.8) is 0 Å². The number of aliphatic imine (C=N–C) groups is 1. The summed E-state index contributed by atoms with van der Waals surface area (Å²) < 4.78 is 0. The number of nitrogens with zero attached hydrogens (tertiary/aromatic N) is 1. The molecule has 130 valence electrons. The molecule has 0 aromatic rings. The van der Waals surface area contributed by atoms with E-state index >= 15 is 0 Å². The summed E-state index contributed by atoms with van der Waals surface area (Å²) in [6, 6.07) is 0.522. The van der Waals surface area contributed by atoms with Gasteiger partial charge in [0.1, 0.15) is 0 Å². The summed E-state index contributed by atoms with van der Waals surface area (Å²) in [5.74, 6) is 0.877. The molecule has 2 fully saturated rings. The normalized spacial score (nSPS) is 24.6. The van der Waals surface area contributed by atoms with E-state index in [1.54, 1.807) is 0 Å². The maximum atomic E-state index is 10.4. The van der Waals surface area contributed by atoms with E-state index in [4.69, 9.17) is 0 Å². The van der Waals surface area contributed by atoms with Crippen molar-refractivity contribution >= 4 is 29.9 Å². The fraction of sp³-hybridized carbons (Fsp3) is 0.941. The Morgan fingerprint density at radius 1 is 1.14 bits per heavy atom. The third-order valence-electron chi connectivity index (χ3n) is 5.09. The van der Waals surface area contributed by atoms with Gasteiger partial charge in [0.15, 0.2) is 5.96 Å².